The SMILES string of the molecule is CCC(=O)N(C)C1CC(N(C)C(=O)N(C)[C@H](C(=O)N[C@H]2Cc3nc(cs3)-c3ccc4c(c3)c(c(-c3cccnc3C(C)C)n4CC)CC(C)(C)COC(=O)[C@@H]3CCCN(N3)C2=O)C(C)C)C1.[HH].[HH]. The van der Waals surface area contributed by atoms with Crippen molar-refractivity contribution in [3.63, 3.8) is 0 Å². The molecule has 66 heavy (non-hydrogen) atoms. The lowest BCUT2D eigenvalue weighted by atomic mass is 9.84. The number of carbonyl (C=O) groups excluding carboxylic acids is 5. The van der Waals surface area contributed by atoms with Gasteiger partial charge >= 0.3 is 12.0 Å². The number of rotatable bonds is 10. The first-order valence-electron chi connectivity index (χ1n) is 23.7. The average Bonchev–Trinajstić information content (AvgIpc) is 3.87. The van der Waals surface area contributed by atoms with Crippen LogP contribution in [-0.2, 0) is 43.3 Å². The van der Waals surface area contributed by atoms with Crippen molar-refractivity contribution in [2.24, 2.45) is 11.3 Å². The van der Waals surface area contributed by atoms with E-state index in [-0.39, 0.29) is 51.7 Å². The van der Waals surface area contributed by atoms with Crippen molar-refractivity contribution < 1.29 is 31.6 Å². The number of esters is 1. The lowest BCUT2D eigenvalue weighted by Crippen LogP contribution is -2.63. The van der Waals surface area contributed by atoms with Gasteiger partial charge in [-0.15, -0.1) is 11.3 Å². The highest BCUT2D eigenvalue weighted by Crippen LogP contribution is 2.42. The number of hydrogen-bond donors (Lipinski definition) is 2. The number of likely N-dealkylation sites (N-methyl/N-ethyl adjacent to an activating group) is 1. The Morgan fingerprint density at radius 3 is 2.45 bits per heavy atom. The van der Waals surface area contributed by atoms with Crippen LogP contribution < -0.4 is 10.7 Å². The van der Waals surface area contributed by atoms with Gasteiger partial charge in [-0.25, -0.2) is 15.2 Å². The summed E-state index contributed by atoms with van der Waals surface area (Å²) >= 11 is 1.42. The number of urea groups is 1. The van der Waals surface area contributed by atoms with E-state index in [4.69, 9.17) is 14.7 Å². The number of hydrogen-bond acceptors (Lipinski definition) is 10. The fraction of sp³-hybridized carbons (Fsp3) is 0.580. The molecule has 1 aromatic carbocycles. The molecule has 6 bridgehead atoms. The summed E-state index contributed by atoms with van der Waals surface area (Å²) in [4.78, 5) is 84.1. The Hall–Kier alpha value is -5.35. The molecule has 4 aromatic rings. The number of carbonyl (C=O) groups is 5. The maximum atomic E-state index is 14.6. The van der Waals surface area contributed by atoms with Crippen LogP contribution in [0.25, 0.3) is 33.4 Å². The first kappa shape index (κ1) is 48.6. The van der Waals surface area contributed by atoms with Crippen molar-refractivity contribution in [3.05, 3.63) is 58.2 Å². The minimum Gasteiger partial charge on any atom is -0.464 e. The molecule has 2 N–H and O–H groups in total. The maximum absolute atomic E-state index is 14.6. The van der Waals surface area contributed by atoms with Crippen molar-refractivity contribution in [2.45, 2.75) is 143 Å². The third-order valence-electron chi connectivity index (χ3n) is 13.8. The highest BCUT2D eigenvalue weighted by molar-refractivity contribution is 7.10. The number of pyridine rings is 1. The quantitative estimate of drug-likeness (QED) is 0.153. The molecule has 0 radical (unpaired) electrons. The van der Waals surface area contributed by atoms with Crippen LogP contribution in [0.15, 0.2) is 41.9 Å². The number of hydrazine groups is 1. The molecule has 2 fully saturated rings. The van der Waals surface area contributed by atoms with E-state index in [0.717, 1.165) is 51.2 Å². The lowest BCUT2D eigenvalue weighted by molar-refractivity contribution is -0.155. The minimum atomic E-state index is -1.07. The summed E-state index contributed by atoms with van der Waals surface area (Å²) < 4.78 is 8.48. The van der Waals surface area contributed by atoms with E-state index in [1.807, 2.05) is 38.4 Å². The van der Waals surface area contributed by atoms with Gasteiger partial charge in [0.05, 0.1) is 28.7 Å². The van der Waals surface area contributed by atoms with Crippen molar-refractivity contribution >= 4 is 52.0 Å². The number of amides is 5. The van der Waals surface area contributed by atoms with Crippen LogP contribution >= 0.6 is 11.3 Å². The van der Waals surface area contributed by atoms with Crippen LogP contribution in [0.3, 0.4) is 0 Å². The number of fused-ring (bicyclic) bond motifs is 6. The van der Waals surface area contributed by atoms with Crippen molar-refractivity contribution in [2.75, 3.05) is 34.3 Å². The fourth-order valence-corrected chi connectivity index (χ4v) is 10.8. The van der Waals surface area contributed by atoms with Crippen LogP contribution in [0.2, 0.25) is 0 Å². The van der Waals surface area contributed by atoms with E-state index in [2.05, 4.69) is 74.2 Å². The highest BCUT2D eigenvalue weighted by Gasteiger charge is 2.42. The van der Waals surface area contributed by atoms with E-state index in [1.54, 1.807) is 30.9 Å². The molecule has 1 aliphatic carbocycles. The Kier molecular flexibility index (Phi) is 14.6. The Bertz CT molecular complexity index is 2470. The zero-order chi connectivity index (χ0) is 47.8. The van der Waals surface area contributed by atoms with Gasteiger partial charge in [0.25, 0.3) is 5.91 Å². The fourth-order valence-electron chi connectivity index (χ4n) is 9.94. The molecule has 7 rings (SSSR count). The molecule has 5 heterocycles. The maximum Gasteiger partial charge on any atom is 0.324 e. The Morgan fingerprint density at radius 2 is 1.77 bits per heavy atom. The van der Waals surface area contributed by atoms with Gasteiger partial charge in [-0.1, -0.05) is 54.5 Å². The van der Waals surface area contributed by atoms with Gasteiger partial charge in [0, 0.05) is 101 Å². The highest BCUT2D eigenvalue weighted by atomic mass is 32.1. The molecule has 5 amide bonds. The molecule has 3 aliphatic rings. The second-order valence-electron chi connectivity index (χ2n) is 19.9. The van der Waals surface area contributed by atoms with E-state index in [0.29, 0.717) is 50.1 Å². The zero-order valence-corrected chi connectivity index (χ0v) is 41.5. The monoisotopic (exact) mass is 928 g/mol. The number of aryl methyl sites for hydroxylation is 1. The van der Waals surface area contributed by atoms with Crippen molar-refractivity contribution in [3.8, 4) is 22.5 Å². The standard InChI is InChI=1S/C50H69N9O6S.2H2/c1-12-42(60)55(9)32-23-33(24-32)56(10)49(64)57(11)44(30(5)6)46(61)53-38-25-41-52-39(27-66-41)31-18-19-40-35(22-31)36(45(58(40)13-2)34-16-14-20-51-43(34)29(3)4)26-50(7,8)28-65-48(63)37-17-15-21-59(54-37)47(38)62;;/h14,16,18-20,22,27,29-30,32-33,37-38,44,54H,12-13,15,17,21,23-26,28H2,1-11H3,(H,53,61);2*1H/t32?,33?,37-,38-,44-;;/m0../s1. The predicted octanol–water partition coefficient (Wildman–Crippen LogP) is 7.52. The number of benzene rings is 1. The summed E-state index contributed by atoms with van der Waals surface area (Å²) in [5.74, 6) is -1.36. The topological polar surface area (TPSA) is 162 Å². The van der Waals surface area contributed by atoms with E-state index in [1.165, 1.54) is 21.2 Å². The van der Waals surface area contributed by atoms with Crippen LogP contribution in [0.4, 0.5) is 4.79 Å². The molecule has 360 valence electrons. The third kappa shape index (κ3) is 9.85. The molecule has 16 heteroatoms. The van der Waals surface area contributed by atoms with Crippen LogP contribution in [-0.4, -0.2) is 128 Å². The van der Waals surface area contributed by atoms with Gasteiger partial charge in [0.2, 0.25) is 11.8 Å². The summed E-state index contributed by atoms with van der Waals surface area (Å²) in [5.41, 5.74) is 9.82. The smallest absolute Gasteiger partial charge is 0.324 e. The van der Waals surface area contributed by atoms with E-state index in [9.17, 15) is 24.0 Å². The Labute approximate surface area is 396 Å². The summed E-state index contributed by atoms with van der Waals surface area (Å²) in [7, 11) is 5.15. The van der Waals surface area contributed by atoms with E-state index >= 15 is 0 Å². The van der Waals surface area contributed by atoms with Crippen molar-refractivity contribution in [1.29, 1.82) is 0 Å². The molecular weight excluding hydrogens is 855 g/mol. The molecule has 0 unspecified atom stereocenters. The summed E-state index contributed by atoms with van der Waals surface area (Å²) in [6.07, 6.45) is 5.33. The van der Waals surface area contributed by atoms with Gasteiger partial charge in [0.15, 0.2) is 0 Å². The van der Waals surface area contributed by atoms with Gasteiger partial charge in [-0.3, -0.25) is 29.2 Å². The number of thiazole rings is 1. The second-order valence-corrected chi connectivity index (χ2v) is 20.8. The van der Waals surface area contributed by atoms with Crippen LogP contribution in [0.5, 0.6) is 0 Å². The lowest BCUT2D eigenvalue weighted by Gasteiger charge is -2.46. The number of aromatic nitrogens is 3. The first-order valence-corrected chi connectivity index (χ1v) is 24.6. The van der Waals surface area contributed by atoms with Gasteiger partial charge in [-0.05, 0) is 80.7 Å². The molecule has 2 aliphatic heterocycles. The first-order chi connectivity index (χ1) is 31.3. The zero-order valence-electron chi connectivity index (χ0n) is 40.6. The van der Waals surface area contributed by atoms with Gasteiger partial charge in [-0.2, -0.15) is 0 Å². The number of nitrogens with zero attached hydrogens (tertiary/aromatic N) is 7. The number of ether oxygens (including phenoxy) is 1. The molecule has 3 atom stereocenters. The predicted molar refractivity (Wildman–Crippen MR) is 262 cm³/mol. The number of nitrogens with one attached hydrogen (secondary N) is 2. The molecule has 15 nitrogen and oxygen atoms in total. The third-order valence-corrected chi connectivity index (χ3v) is 14.6. The largest absolute Gasteiger partial charge is 0.464 e. The van der Waals surface area contributed by atoms with Gasteiger partial charge in [0.1, 0.15) is 18.1 Å². The molecular formula is C50H73N9O6S. The molecule has 1 saturated carbocycles. The summed E-state index contributed by atoms with van der Waals surface area (Å²) in [5, 5.41) is 8.21. The average molecular weight is 928 g/mol. The molecule has 0 spiro atoms. The molecule has 1 saturated heterocycles. The Morgan fingerprint density at radius 1 is 1.05 bits per heavy atom. The molecule has 3 aromatic heterocycles. The normalized spacial score (nSPS) is 21.5. The van der Waals surface area contributed by atoms with Crippen LogP contribution in [0, 0.1) is 11.3 Å². The number of cyclic esters (lactones) is 1. The Balaban J connectivity index is 0.00000432. The van der Waals surface area contributed by atoms with E-state index < -0.39 is 41.3 Å². The summed E-state index contributed by atoms with van der Waals surface area (Å²) in [6, 6.07) is 7.51. The van der Waals surface area contributed by atoms with Gasteiger partial charge < -0.3 is 29.3 Å². The minimum absolute atomic E-state index is 0. The second kappa shape index (κ2) is 19.9. The van der Waals surface area contributed by atoms with Crippen molar-refractivity contribution in [1.82, 2.24) is 45.0 Å². The summed E-state index contributed by atoms with van der Waals surface area (Å²) in [6.45, 7) is 17.5. The van der Waals surface area contributed by atoms with Crippen LogP contribution in [0.1, 0.15) is 113 Å².